The van der Waals surface area contributed by atoms with Crippen molar-refractivity contribution in [2.45, 2.75) is 26.8 Å². The molecule has 0 aliphatic carbocycles. The van der Waals surface area contributed by atoms with Crippen molar-refractivity contribution in [1.82, 2.24) is 10.1 Å². The standard InChI is InChI=1S/C14H17N3O.ClH/c1-3-4-10(2)14-16-13(17-18-14)12-7-5-11(9-15)6-8-12;/h4-8H,3,9,15H2,1-2H3;1H/b10-4-;. The Morgan fingerprint density at radius 1 is 1.32 bits per heavy atom. The Morgan fingerprint density at radius 2 is 2.00 bits per heavy atom. The molecule has 0 saturated heterocycles. The number of nitrogens with two attached hydrogens (primary N) is 1. The van der Waals surface area contributed by atoms with E-state index in [9.17, 15) is 0 Å². The van der Waals surface area contributed by atoms with Crippen LogP contribution in [0.2, 0.25) is 0 Å². The Bertz CT molecular complexity index is 546. The van der Waals surface area contributed by atoms with Gasteiger partial charge in [-0.05, 0) is 18.9 Å². The molecular formula is C14H18ClN3O. The van der Waals surface area contributed by atoms with E-state index in [2.05, 4.69) is 23.1 Å². The second kappa shape index (κ2) is 7.07. The molecule has 1 aromatic carbocycles. The van der Waals surface area contributed by atoms with Gasteiger partial charge in [0.25, 0.3) is 5.89 Å². The summed E-state index contributed by atoms with van der Waals surface area (Å²) < 4.78 is 5.24. The molecule has 0 fully saturated rings. The lowest BCUT2D eigenvalue weighted by atomic mass is 10.1. The van der Waals surface area contributed by atoms with Crippen LogP contribution in [0.15, 0.2) is 34.9 Å². The molecule has 0 radical (unpaired) electrons. The van der Waals surface area contributed by atoms with Gasteiger partial charge in [0.2, 0.25) is 5.82 Å². The van der Waals surface area contributed by atoms with Crippen molar-refractivity contribution in [3.05, 3.63) is 41.8 Å². The number of rotatable bonds is 4. The largest absolute Gasteiger partial charge is 0.334 e. The van der Waals surface area contributed by atoms with Gasteiger partial charge in [0.15, 0.2) is 0 Å². The molecule has 4 nitrogen and oxygen atoms in total. The third-order valence-electron chi connectivity index (χ3n) is 2.72. The minimum Gasteiger partial charge on any atom is -0.334 e. The molecule has 19 heavy (non-hydrogen) atoms. The third kappa shape index (κ3) is 3.66. The first-order valence-corrected chi connectivity index (χ1v) is 6.04. The highest BCUT2D eigenvalue weighted by Gasteiger charge is 2.09. The number of hydrogen-bond donors (Lipinski definition) is 1. The lowest BCUT2D eigenvalue weighted by Gasteiger charge is -1.97. The molecule has 0 unspecified atom stereocenters. The number of halogens is 1. The zero-order chi connectivity index (χ0) is 13.0. The fraction of sp³-hybridized carbons (Fsp3) is 0.286. The normalized spacial score (nSPS) is 11.2. The maximum Gasteiger partial charge on any atom is 0.253 e. The van der Waals surface area contributed by atoms with Crippen LogP contribution in [0, 0.1) is 0 Å². The maximum atomic E-state index is 5.56. The summed E-state index contributed by atoms with van der Waals surface area (Å²) in [5, 5.41) is 3.99. The molecule has 2 N–H and O–H groups in total. The van der Waals surface area contributed by atoms with Gasteiger partial charge in [0.05, 0.1) is 0 Å². The van der Waals surface area contributed by atoms with Gasteiger partial charge in [-0.3, -0.25) is 0 Å². The van der Waals surface area contributed by atoms with E-state index in [0.29, 0.717) is 18.3 Å². The molecule has 2 aromatic rings. The zero-order valence-electron chi connectivity index (χ0n) is 11.1. The molecule has 0 bridgehead atoms. The van der Waals surface area contributed by atoms with Crippen LogP contribution in [0.5, 0.6) is 0 Å². The quantitative estimate of drug-likeness (QED) is 0.931. The van der Waals surface area contributed by atoms with Crippen LogP contribution >= 0.6 is 12.4 Å². The number of nitrogens with zero attached hydrogens (tertiary/aromatic N) is 2. The number of allylic oxidation sites excluding steroid dienone is 2. The van der Waals surface area contributed by atoms with Crippen LogP contribution in [0.3, 0.4) is 0 Å². The first-order valence-electron chi connectivity index (χ1n) is 6.04. The monoisotopic (exact) mass is 279 g/mol. The molecule has 0 spiro atoms. The SMILES string of the molecule is CC/C=C(/C)c1nc(-c2ccc(CN)cc2)no1.Cl. The van der Waals surface area contributed by atoms with Crippen molar-refractivity contribution >= 4 is 18.0 Å². The fourth-order valence-electron chi connectivity index (χ4n) is 1.68. The summed E-state index contributed by atoms with van der Waals surface area (Å²) in [6.07, 6.45) is 3.02. The predicted molar refractivity (Wildman–Crippen MR) is 78.8 cm³/mol. The van der Waals surface area contributed by atoms with E-state index >= 15 is 0 Å². The van der Waals surface area contributed by atoms with E-state index < -0.39 is 0 Å². The van der Waals surface area contributed by atoms with E-state index in [4.69, 9.17) is 10.3 Å². The fourth-order valence-corrected chi connectivity index (χ4v) is 1.68. The molecular weight excluding hydrogens is 262 g/mol. The topological polar surface area (TPSA) is 64.9 Å². The smallest absolute Gasteiger partial charge is 0.253 e. The third-order valence-corrected chi connectivity index (χ3v) is 2.72. The average Bonchev–Trinajstić information content (AvgIpc) is 2.89. The van der Waals surface area contributed by atoms with Gasteiger partial charge in [-0.1, -0.05) is 42.4 Å². The van der Waals surface area contributed by atoms with Crippen LogP contribution in [-0.2, 0) is 6.54 Å². The molecule has 0 saturated carbocycles. The van der Waals surface area contributed by atoms with Crippen LogP contribution in [0.25, 0.3) is 17.0 Å². The van der Waals surface area contributed by atoms with Crippen LogP contribution in [0.4, 0.5) is 0 Å². The van der Waals surface area contributed by atoms with Crippen molar-refractivity contribution in [3.63, 3.8) is 0 Å². The maximum absolute atomic E-state index is 5.56. The van der Waals surface area contributed by atoms with Gasteiger partial charge in [-0.15, -0.1) is 12.4 Å². The molecule has 0 aliphatic heterocycles. The number of benzene rings is 1. The van der Waals surface area contributed by atoms with Gasteiger partial charge in [-0.25, -0.2) is 0 Å². The van der Waals surface area contributed by atoms with Crippen molar-refractivity contribution in [2.75, 3.05) is 0 Å². The minimum absolute atomic E-state index is 0. The summed E-state index contributed by atoms with van der Waals surface area (Å²) in [5.74, 6) is 1.19. The Morgan fingerprint density at radius 3 is 2.58 bits per heavy atom. The molecule has 0 aliphatic rings. The highest BCUT2D eigenvalue weighted by atomic mass is 35.5. The average molecular weight is 280 g/mol. The van der Waals surface area contributed by atoms with Gasteiger partial charge in [-0.2, -0.15) is 4.98 Å². The second-order valence-corrected chi connectivity index (χ2v) is 4.12. The first kappa shape index (κ1) is 15.4. The van der Waals surface area contributed by atoms with Gasteiger partial charge < -0.3 is 10.3 Å². The van der Waals surface area contributed by atoms with E-state index in [1.807, 2.05) is 31.2 Å². The molecule has 5 heteroatoms. The summed E-state index contributed by atoms with van der Waals surface area (Å²) in [5.41, 5.74) is 8.59. The van der Waals surface area contributed by atoms with Crippen LogP contribution in [0.1, 0.15) is 31.7 Å². The Kier molecular flexibility index (Phi) is 5.73. The second-order valence-electron chi connectivity index (χ2n) is 4.12. The lowest BCUT2D eigenvalue weighted by molar-refractivity contribution is 0.408. The highest BCUT2D eigenvalue weighted by Crippen LogP contribution is 2.19. The van der Waals surface area contributed by atoms with Crippen molar-refractivity contribution in [2.24, 2.45) is 5.73 Å². The predicted octanol–water partition coefficient (Wildman–Crippen LogP) is 3.43. The molecule has 0 amide bonds. The Hall–Kier alpha value is -1.65. The van der Waals surface area contributed by atoms with Crippen molar-refractivity contribution in [1.29, 1.82) is 0 Å². The van der Waals surface area contributed by atoms with Gasteiger partial charge >= 0.3 is 0 Å². The number of aromatic nitrogens is 2. The van der Waals surface area contributed by atoms with Crippen LogP contribution in [-0.4, -0.2) is 10.1 Å². The van der Waals surface area contributed by atoms with E-state index in [0.717, 1.165) is 23.1 Å². The molecule has 0 atom stereocenters. The van der Waals surface area contributed by atoms with Crippen LogP contribution < -0.4 is 5.73 Å². The van der Waals surface area contributed by atoms with Gasteiger partial charge in [0, 0.05) is 17.7 Å². The first-order chi connectivity index (χ1) is 8.74. The van der Waals surface area contributed by atoms with Crippen molar-refractivity contribution in [3.8, 4) is 11.4 Å². The van der Waals surface area contributed by atoms with Crippen molar-refractivity contribution < 1.29 is 4.52 Å². The lowest BCUT2D eigenvalue weighted by Crippen LogP contribution is -1.95. The summed E-state index contributed by atoms with van der Waals surface area (Å²) in [4.78, 5) is 4.38. The molecule has 1 aromatic heterocycles. The molecule has 1 heterocycles. The zero-order valence-corrected chi connectivity index (χ0v) is 11.9. The Labute approximate surface area is 119 Å². The Balaban J connectivity index is 0.00000180. The number of hydrogen-bond acceptors (Lipinski definition) is 4. The van der Waals surface area contributed by atoms with E-state index in [-0.39, 0.29) is 12.4 Å². The summed E-state index contributed by atoms with van der Waals surface area (Å²) in [6, 6.07) is 7.85. The summed E-state index contributed by atoms with van der Waals surface area (Å²) >= 11 is 0. The molecule has 2 rings (SSSR count). The summed E-state index contributed by atoms with van der Waals surface area (Å²) in [6.45, 7) is 4.58. The van der Waals surface area contributed by atoms with E-state index in [1.54, 1.807) is 0 Å². The van der Waals surface area contributed by atoms with Gasteiger partial charge in [0.1, 0.15) is 0 Å². The summed E-state index contributed by atoms with van der Waals surface area (Å²) in [7, 11) is 0. The highest BCUT2D eigenvalue weighted by molar-refractivity contribution is 5.85. The van der Waals surface area contributed by atoms with E-state index in [1.165, 1.54) is 0 Å². The molecule has 102 valence electrons. The minimum atomic E-state index is 0.